The smallest absolute Gasteiger partial charge is 0.488 e. The molecule has 1 unspecified atom stereocenters. The summed E-state index contributed by atoms with van der Waals surface area (Å²) in [5.41, 5.74) is 0. The SMILES string of the molecule is C1CC[NH2+]CC1.CO[P+](=O)[O-]. The van der Waals surface area contributed by atoms with Crippen molar-refractivity contribution in [1.82, 2.24) is 0 Å². The highest BCUT2D eigenvalue weighted by Gasteiger charge is 1.97. The molecule has 0 aromatic rings. The molecule has 0 aromatic heterocycles. The fourth-order valence-electron chi connectivity index (χ4n) is 0.898. The minimum absolute atomic E-state index is 1.10. The molecule has 1 atom stereocenters. The van der Waals surface area contributed by atoms with E-state index in [0.29, 0.717) is 0 Å². The lowest BCUT2D eigenvalue weighted by Crippen LogP contribution is -2.85. The van der Waals surface area contributed by atoms with E-state index < -0.39 is 8.25 Å². The van der Waals surface area contributed by atoms with E-state index in [1.807, 2.05) is 0 Å². The van der Waals surface area contributed by atoms with Gasteiger partial charge in [-0.05, 0) is 23.8 Å². The summed E-state index contributed by atoms with van der Waals surface area (Å²) in [5.74, 6) is 0. The average Bonchev–Trinajstić information content (AvgIpc) is 2.09. The normalized spacial score (nSPS) is 18.2. The highest BCUT2D eigenvalue weighted by Crippen LogP contribution is 2.02. The lowest BCUT2D eigenvalue weighted by atomic mass is 10.2. The van der Waals surface area contributed by atoms with Crippen molar-refractivity contribution in [2.24, 2.45) is 0 Å². The van der Waals surface area contributed by atoms with Crippen LogP contribution in [-0.4, -0.2) is 20.2 Å². The first-order valence-corrected chi connectivity index (χ1v) is 4.87. The van der Waals surface area contributed by atoms with Crippen molar-refractivity contribution in [2.45, 2.75) is 19.3 Å². The molecule has 1 aliphatic heterocycles. The molecule has 0 aromatic carbocycles. The van der Waals surface area contributed by atoms with Gasteiger partial charge in [-0.1, -0.05) is 0 Å². The molecule has 0 aliphatic carbocycles. The summed E-state index contributed by atoms with van der Waals surface area (Å²) in [6, 6.07) is 0. The van der Waals surface area contributed by atoms with Crippen LogP contribution in [0, 0.1) is 0 Å². The zero-order valence-electron chi connectivity index (χ0n) is 6.78. The van der Waals surface area contributed by atoms with Crippen molar-refractivity contribution in [3.63, 3.8) is 0 Å². The summed E-state index contributed by atoms with van der Waals surface area (Å²) in [5, 5.41) is 2.39. The number of nitrogens with two attached hydrogens (primary N) is 1. The second-order valence-corrected chi connectivity index (χ2v) is 3.15. The van der Waals surface area contributed by atoms with Crippen LogP contribution >= 0.6 is 8.25 Å². The molecule has 1 heterocycles. The largest absolute Gasteiger partial charge is 0.566 e. The van der Waals surface area contributed by atoms with Crippen molar-refractivity contribution < 1.29 is 19.3 Å². The fourth-order valence-corrected chi connectivity index (χ4v) is 0.898. The molecule has 1 aliphatic rings. The number of hydrogen-bond donors (Lipinski definition) is 1. The number of quaternary nitrogens is 1. The molecule has 0 spiro atoms. The van der Waals surface area contributed by atoms with E-state index in [-0.39, 0.29) is 0 Å². The van der Waals surface area contributed by atoms with Gasteiger partial charge in [0.25, 0.3) is 0 Å². The molecule has 2 N–H and O–H groups in total. The first kappa shape index (κ1) is 11.0. The zero-order chi connectivity index (χ0) is 8.53. The summed E-state index contributed by atoms with van der Waals surface area (Å²) in [6.07, 6.45) is 4.36. The van der Waals surface area contributed by atoms with E-state index in [1.54, 1.807) is 0 Å². The van der Waals surface area contributed by atoms with Crippen molar-refractivity contribution in [3.05, 3.63) is 0 Å². The molecule has 1 saturated heterocycles. The van der Waals surface area contributed by atoms with Crippen LogP contribution in [0.15, 0.2) is 0 Å². The molecule has 0 amide bonds. The van der Waals surface area contributed by atoms with Gasteiger partial charge in [-0.2, -0.15) is 4.52 Å². The predicted molar refractivity (Wildman–Crippen MR) is 40.1 cm³/mol. The molecule has 66 valence electrons. The Morgan fingerprint density at radius 3 is 1.91 bits per heavy atom. The summed E-state index contributed by atoms with van der Waals surface area (Å²) in [7, 11) is -1.50. The Balaban J connectivity index is 0.000000187. The standard InChI is InChI=1S/C5H11N.CH3O3P/c1-2-4-6-5-3-1;1-4-5(2)3/h6H,1-5H2;1H3/p+1. The van der Waals surface area contributed by atoms with Gasteiger partial charge in [0.15, 0.2) is 0 Å². The predicted octanol–water partition coefficient (Wildman–Crippen LogP) is -0.616. The lowest BCUT2D eigenvalue weighted by molar-refractivity contribution is -0.662. The quantitative estimate of drug-likeness (QED) is 0.547. The van der Waals surface area contributed by atoms with Crippen LogP contribution in [0.3, 0.4) is 0 Å². The molecule has 11 heavy (non-hydrogen) atoms. The monoisotopic (exact) mass is 180 g/mol. The Kier molecular flexibility index (Phi) is 8.07. The van der Waals surface area contributed by atoms with Crippen LogP contribution in [-0.2, 0) is 9.09 Å². The maximum atomic E-state index is 9.18. The van der Waals surface area contributed by atoms with E-state index >= 15 is 0 Å². The van der Waals surface area contributed by atoms with Crippen LogP contribution in [0.4, 0.5) is 0 Å². The summed E-state index contributed by atoms with van der Waals surface area (Å²) < 4.78 is 12.9. The van der Waals surface area contributed by atoms with E-state index in [4.69, 9.17) is 0 Å². The Morgan fingerprint density at radius 2 is 1.82 bits per heavy atom. The topological polar surface area (TPSA) is 66.0 Å². The summed E-state index contributed by atoms with van der Waals surface area (Å²) >= 11 is 0. The molecule has 5 heteroatoms. The van der Waals surface area contributed by atoms with Gasteiger partial charge >= 0.3 is 8.25 Å². The molecule has 4 nitrogen and oxygen atoms in total. The van der Waals surface area contributed by atoms with Crippen LogP contribution in [0.2, 0.25) is 0 Å². The fraction of sp³-hybridized carbons (Fsp3) is 1.00. The van der Waals surface area contributed by atoms with Crippen LogP contribution in [0.5, 0.6) is 0 Å². The van der Waals surface area contributed by atoms with Gasteiger partial charge in [0, 0.05) is 0 Å². The second-order valence-electron chi connectivity index (χ2n) is 2.33. The Bertz CT molecular complexity index is 94.5. The minimum Gasteiger partial charge on any atom is -0.566 e. The minimum atomic E-state index is -2.60. The number of hydrogen-bond acceptors (Lipinski definition) is 3. The summed E-state index contributed by atoms with van der Waals surface area (Å²) in [6.45, 7) is 2.75. The van der Waals surface area contributed by atoms with Crippen LogP contribution in [0.25, 0.3) is 0 Å². The molecule has 0 saturated carbocycles. The van der Waals surface area contributed by atoms with E-state index in [0.717, 1.165) is 7.11 Å². The van der Waals surface area contributed by atoms with E-state index in [9.17, 15) is 9.46 Å². The third-order valence-corrected chi connectivity index (χ3v) is 1.76. The maximum Gasteiger partial charge on any atom is 0.488 e. The maximum absolute atomic E-state index is 9.18. The molecule has 0 radical (unpaired) electrons. The van der Waals surface area contributed by atoms with Crippen molar-refractivity contribution in [1.29, 1.82) is 0 Å². The Hall–Kier alpha value is -0.0200. The van der Waals surface area contributed by atoms with Gasteiger partial charge in [-0.25, -0.2) is 0 Å². The van der Waals surface area contributed by atoms with Gasteiger partial charge in [0.2, 0.25) is 0 Å². The van der Waals surface area contributed by atoms with Crippen molar-refractivity contribution >= 4 is 8.25 Å². The lowest BCUT2D eigenvalue weighted by Gasteiger charge is -2.05. The Morgan fingerprint density at radius 1 is 1.36 bits per heavy atom. The highest BCUT2D eigenvalue weighted by molar-refractivity contribution is 7.30. The van der Waals surface area contributed by atoms with Gasteiger partial charge in [0.05, 0.1) is 20.2 Å². The Labute approximate surface area is 67.9 Å². The molecular weight excluding hydrogens is 165 g/mol. The first-order chi connectivity index (χ1) is 5.27. The van der Waals surface area contributed by atoms with Crippen LogP contribution < -0.4 is 10.2 Å². The van der Waals surface area contributed by atoms with Crippen molar-refractivity contribution in [3.8, 4) is 0 Å². The molecule has 1 fully saturated rings. The molecule has 0 bridgehead atoms. The van der Waals surface area contributed by atoms with Gasteiger partial charge in [-0.3, -0.25) is 0 Å². The zero-order valence-corrected chi connectivity index (χ0v) is 7.68. The second kappa shape index (κ2) is 8.08. The average molecular weight is 180 g/mol. The van der Waals surface area contributed by atoms with Gasteiger partial charge in [0.1, 0.15) is 0 Å². The molecular formula is C6H15NO3P+. The first-order valence-electron chi connectivity index (χ1n) is 3.77. The van der Waals surface area contributed by atoms with Gasteiger partial charge < -0.3 is 10.2 Å². The summed E-state index contributed by atoms with van der Waals surface area (Å²) in [4.78, 5) is 9.18. The number of piperidine rings is 1. The van der Waals surface area contributed by atoms with Crippen LogP contribution in [0.1, 0.15) is 19.3 Å². The number of rotatable bonds is 1. The third-order valence-electron chi connectivity index (χ3n) is 1.47. The van der Waals surface area contributed by atoms with E-state index in [1.165, 1.54) is 32.4 Å². The third kappa shape index (κ3) is 9.98. The van der Waals surface area contributed by atoms with E-state index in [2.05, 4.69) is 9.84 Å². The van der Waals surface area contributed by atoms with Crippen molar-refractivity contribution in [2.75, 3.05) is 20.2 Å². The highest BCUT2D eigenvalue weighted by atomic mass is 31.1. The molecule has 1 rings (SSSR count). The van der Waals surface area contributed by atoms with Gasteiger partial charge in [-0.15, -0.1) is 0 Å².